The summed E-state index contributed by atoms with van der Waals surface area (Å²) in [7, 11) is 1.40. The Kier molecular flexibility index (Phi) is 3.42. The van der Waals surface area contributed by atoms with Crippen LogP contribution in [-0.4, -0.2) is 60.1 Å². The highest BCUT2D eigenvalue weighted by molar-refractivity contribution is 4.87. The van der Waals surface area contributed by atoms with Crippen LogP contribution in [-0.2, 0) is 9.47 Å². The molecule has 1 fully saturated rings. The Bertz CT molecular complexity index is 140. The van der Waals surface area contributed by atoms with Crippen molar-refractivity contribution in [2.45, 2.75) is 24.4 Å². The monoisotopic (exact) mass is 178 g/mol. The maximum atomic E-state index is 9.43. The maximum absolute atomic E-state index is 9.43. The summed E-state index contributed by atoms with van der Waals surface area (Å²) >= 11 is 0. The van der Waals surface area contributed by atoms with Gasteiger partial charge in [-0.15, -0.1) is 0 Å². The second-order valence-electron chi connectivity index (χ2n) is 2.81. The molecule has 72 valence electrons. The summed E-state index contributed by atoms with van der Waals surface area (Å²) in [4.78, 5) is 0. The van der Waals surface area contributed by atoms with Gasteiger partial charge in [-0.05, 0) is 0 Å². The van der Waals surface area contributed by atoms with Crippen molar-refractivity contribution in [3.05, 3.63) is 0 Å². The third-order valence-electron chi connectivity index (χ3n) is 2.03. The fourth-order valence-electron chi connectivity index (χ4n) is 1.31. The van der Waals surface area contributed by atoms with Crippen LogP contribution in [0.25, 0.3) is 0 Å². The zero-order chi connectivity index (χ0) is 9.14. The van der Waals surface area contributed by atoms with E-state index in [1.54, 1.807) is 0 Å². The number of rotatable bonds is 2. The summed E-state index contributed by atoms with van der Waals surface area (Å²) in [5, 5.41) is 27.4. The van der Waals surface area contributed by atoms with E-state index in [-0.39, 0.29) is 13.2 Å². The molecule has 5 heteroatoms. The van der Waals surface area contributed by atoms with Gasteiger partial charge in [0.05, 0.1) is 13.2 Å². The van der Waals surface area contributed by atoms with Gasteiger partial charge < -0.3 is 24.8 Å². The van der Waals surface area contributed by atoms with E-state index < -0.39 is 24.4 Å². The Labute approximate surface area is 70.5 Å². The van der Waals surface area contributed by atoms with E-state index in [1.807, 2.05) is 0 Å². The van der Waals surface area contributed by atoms with Crippen molar-refractivity contribution in [2.24, 2.45) is 0 Å². The van der Waals surface area contributed by atoms with Gasteiger partial charge in [-0.3, -0.25) is 0 Å². The van der Waals surface area contributed by atoms with E-state index in [9.17, 15) is 10.2 Å². The summed E-state index contributed by atoms with van der Waals surface area (Å²) in [6.45, 7) is -0.186. The minimum atomic E-state index is -0.969. The SMILES string of the molecule is CO[C@H]1[C@H](O)[C@@H](CO)OC[C@@H]1O. The Morgan fingerprint density at radius 3 is 2.67 bits per heavy atom. The molecule has 5 nitrogen and oxygen atoms in total. The number of hydrogen-bond acceptors (Lipinski definition) is 5. The van der Waals surface area contributed by atoms with Gasteiger partial charge in [-0.1, -0.05) is 0 Å². The molecule has 0 saturated carbocycles. The van der Waals surface area contributed by atoms with E-state index in [0.29, 0.717) is 0 Å². The summed E-state index contributed by atoms with van der Waals surface area (Å²) in [6.07, 6.45) is -3.12. The molecule has 0 aromatic rings. The average Bonchev–Trinajstić information content (AvgIpc) is 2.06. The molecule has 0 aromatic carbocycles. The topological polar surface area (TPSA) is 79.2 Å². The van der Waals surface area contributed by atoms with Crippen LogP contribution in [0.3, 0.4) is 0 Å². The van der Waals surface area contributed by atoms with Gasteiger partial charge in [0.1, 0.15) is 24.4 Å². The molecule has 0 bridgehead atoms. The van der Waals surface area contributed by atoms with Gasteiger partial charge in [0.15, 0.2) is 0 Å². The standard InChI is InChI=1S/C7H14O5/c1-11-7-4(9)3-12-5(2-8)6(7)10/h4-10H,2-3H2,1H3/t4-,5+,6+,7+/m0/s1. The lowest BCUT2D eigenvalue weighted by atomic mass is 10.0. The number of hydrogen-bond donors (Lipinski definition) is 3. The molecule has 3 N–H and O–H groups in total. The maximum Gasteiger partial charge on any atom is 0.114 e. The zero-order valence-electron chi connectivity index (χ0n) is 6.88. The van der Waals surface area contributed by atoms with Crippen molar-refractivity contribution in [3.63, 3.8) is 0 Å². The minimum Gasteiger partial charge on any atom is -0.394 e. The first-order chi connectivity index (χ1) is 5.70. The molecule has 1 aliphatic rings. The highest BCUT2D eigenvalue weighted by Crippen LogP contribution is 2.17. The molecule has 1 aliphatic heterocycles. The van der Waals surface area contributed by atoms with Crippen LogP contribution in [0.15, 0.2) is 0 Å². The van der Waals surface area contributed by atoms with Gasteiger partial charge in [-0.2, -0.15) is 0 Å². The lowest BCUT2D eigenvalue weighted by Crippen LogP contribution is -2.54. The van der Waals surface area contributed by atoms with Crippen LogP contribution < -0.4 is 0 Å². The molecular weight excluding hydrogens is 164 g/mol. The second-order valence-corrected chi connectivity index (χ2v) is 2.81. The highest BCUT2D eigenvalue weighted by Gasteiger charge is 2.38. The van der Waals surface area contributed by atoms with Crippen LogP contribution in [0.2, 0.25) is 0 Å². The number of methoxy groups -OCH3 is 1. The van der Waals surface area contributed by atoms with Crippen LogP contribution in [0.4, 0.5) is 0 Å². The third-order valence-corrected chi connectivity index (χ3v) is 2.03. The Balaban J connectivity index is 2.56. The van der Waals surface area contributed by atoms with E-state index >= 15 is 0 Å². The summed E-state index contributed by atoms with van der Waals surface area (Å²) < 4.78 is 9.81. The van der Waals surface area contributed by atoms with Gasteiger partial charge in [0.2, 0.25) is 0 Å². The van der Waals surface area contributed by atoms with Crippen molar-refractivity contribution in [2.75, 3.05) is 20.3 Å². The predicted octanol–water partition coefficient (Wildman–Crippen LogP) is -1.89. The largest absolute Gasteiger partial charge is 0.394 e. The van der Waals surface area contributed by atoms with Crippen LogP contribution in [0.1, 0.15) is 0 Å². The van der Waals surface area contributed by atoms with E-state index in [1.165, 1.54) is 7.11 Å². The molecule has 0 aromatic heterocycles. The Morgan fingerprint density at radius 1 is 1.50 bits per heavy atom. The van der Waals surface area contributed by atoms with Crippen molar-refractivity contribution < 1.29 is 24.8 Å². The molecule has 0 spiro atoms. The quantitative estimate of drug-likeness (QED) is 0.461. The zero-order valence-corrected chi connectivity index (χ0v) is 6.88. The highest BCUT2D eigenvalue weighted by atomic mass is 16.6. The molecule has 4 atom stereocenters. The van der Waals surface area contributed by atoms with E-state index in [0.717, 1.165) is 0 Å². The third kappa shape index (κ3) is 1.75. The molecule has 1 rings (SSSR count). The Morgan fingerprint density at radius 2 is 2.17 bits per heavy atom. The summed E-state index contributed by atoms with van der Waals surface area (Å²) in [5.74, 6) is 0. The molecule has 0 aliphatic carbocycles. The van der Waals surface area contributed by atoms with E-state index in [4.69, 9.17) is 14.6 Å². The van der Waals surface area contributed by atoms with Crippen LogP contribution in [0.5, 0.6) is 0 Å². The van der Waals surface area contributed by atoms with E-state index in [2.05, 4.69) is 0 Å². The fraction of sp³-hybridized carbons (Fsp3) is 1.00. The minimum absolute atomic E-state index is 0.0841. The first kappa shape index (κ1) is 9.88. The van der Waals surface area contributed by atoms with Crippen molar-refractivity contribution in [3.8, 4) is 0 Å². The summed E-state index contributed by atoms with van der Waals surface area (Å²) in [6, 6.07) is 0. The number of ether oxygens (including phenoxy) is 2. The molecule has 0 amide bonds. The molecule has 0 radical (unpaired) electrons. The molecule has 12 heavy (non-hydrogen) atoms. The van der Waals surface area contributed by atoms with Crippen LogP contribution >= 0.6 is 0 Å². The first-order valence-corrected chi connectivity index (χ1v) is 3.82. The van der Waals surface area contributed by atoms with Crippen molar-refractivity contribution in [1.82, 2.24) is 0 Å². The van der Waals surface area contributed by atoms with Gasteiger partial charge in [0.25, 0.3) is 0 Å². The van der Waals surface area contributed by atoms with Crippen molar-refractivity contribution >= 4 is 0 Å². The number of aliphatic hydroxyl groups excluding tert-OH is 3. The van der Waals surface area contributed by atoms with Gasteiger partial charge in [-0.25, -0.2) is 0 Å². The number of aliphatic hydroxyl groups is 3. The van der Waals surface area contributed by atoms with Gasteiger partial charge >= 0.3 is 0 Å². The normalized spacial score (nSPS) is 43.0. The predicted molar refractivity (Wildman–Crippen MR) is 39.6 cm³/mol. The van der Waals surface area contributed by atoms with Crippen molar-refractivity contribution in [1.29, 1.82) is 0 Å². The molecule has 0 unspecified atom stereocenters. The second kappa shape index (κ2) is 4.15. The fourth-order valence-corrected chi connectivity index (χ4v) is 1.31. The molecule has 1 heterocycles. The lowest BCUT2D eigenvalue weighted by molar-refractivity contribution is -0.203. The average molecular weight is 178 g/mol. The molecular formula is C7H14O5. The molecule has 1 saturated heterocycles. The van der Waals surface area contributed by atoms with Crippen LogP contribution in [0, 0.1) is 0 Å². The van der Waals surface area contributed by atoms with Gasteiger partial charge in [0, 0.05) is 7.11 Å². The Hall–Kier alpha value is -0.200. The summed E-state index contributed by atoms with van der Waals surface area (Å²) in [5.41, 5.74) is 0. The first-order valence-electron chi connectivity index (χ1n) is 3.82. The lowest BCUT2D eigenvalue weighted by Gasteiger charge is -2.36. The smallest absolute Gasteiger partial charge is 0.114 e.